The molecule has 6 nitrogen and oxygen atoms in total. The van der Waals surface area contributed by atoms with Crippen LogP contribution in [0.1, 0.15) is 46.0 Å². The van der Waals surface area contributed by atoms with E-state index in [4.69, 9.17) is 18.9 Å². The second kappa shape index (κ2) is 18.1. The van der Waals surface area contributed by atoms with Crippen molar-refractivity contribution >= 4 is 5.91 Å². The largest absolute Gasteiger partial charge is 0.382 e. The van der Waals surface area contributed by atoms with E-state index >= 15 is 0 Å². The molecule has 0 saturated heterocycles. The van der Waals surface area contributed by atoms with Gasteiger partial charge >= 0.3 is 0 Å². The molecular formula is C19H39NO5. The molecule has 0 radical (unpaired) electrons. The molecule has 0 aromatic heterocycles. The van der Waals surface area contributed by atoms with Gasteiger partial charge in [0.05, 0.1) is 39.6 Å². The van der Waals surface area contributed by atoms with Gasteiger partial charge in [0, 0.05) is 33.2 Å². The topological polar surface area (TPSA) is 57.2 Å². The standard InChI is InChI=1S/C19H39NO5/c1-5-7-9-18(8-6-2)19(21)20(10-12-24-16-14-22-3)11-13-25-17-15-23-4/h18H,5-17H2,1-4H3. The number of methoxy groups -OCH3 is 2. The number of carbonyl (C=O) groups is 1. The molecule has 1 atom stereocenters. The lowest BCUT2D eigenvalue weighted by atomic mass is 9.95. The molecule has 0 fully saturated rings. The van der Waals surface area contributed by atoms with Crippen molar-refractivity contribution in [3.05, 3.63) is 0 Å². The van der Waals surface area contributed by atoms with Gasteiger partial charge in [-0.2, -0.15) is 0 Å². The third kappa shape index (κ3) is 13.2. The highest BCUT2D eigenvalue weighted by molar-refractivity contribution is 5.78. The molecule has 6 heteroatoms. The van der Waals surface area contributed by atoms with Gasteiger partial charge in [-0.25, -0.2) is 0 Å². The van der Waals surface area contributed by atoms with Crippen LogP contribution < -0.4 is 0 Å². The average Bonchev–Trinajstić information content (AvgIpc) is 2.62. The van der Waals surface area contributed by atoms with E-state index in [2.05, 4.69) is 13.8 Å². The van der Waals surface area contributed by atoms with Crippen molar-refractivity contribution in [1.29, 1.82) is 0 Å². The summed E-state index contributed by atoms with van der Waals surface area (Å²) in [6.45, 7) is 8.81. The van der Waals surface area contributed by atoms with Gasteiger partial charge in [-0.15, -0.1) is 0 Å². The summed E-state index contributed by atoms with van der Waals surface area (Å²) in [6, 6.07) is 0. The van der Waals surface area contributed by atoms with Gasteiger partial charge in [-0.1, -0.05) is 33.1 Å². The fourth-order valence-electron chi connectivity index (χ4n) is 2.62. The summed E-state index contributed by atoms with van der Waals surface area (Å²) >= 11 is 0. The van der Waals surface area contributed by atoms with Crippen molar-refractivity contribution in [2.75, 3.05) is 67.0 Å². The van der Waals surface area contributed by atoms with Crippen molar-refractivity contribution in [2.45, 2.75) is 46.0 Å². The molecule has 25 heavy (non-hydrogen) atoms. The van der Waals surface area contributed by atoms with Crippen molar-refractivity contribution in [1.82, 2.24) is 4.90 Å². The van der Waals surface area contributed by atoms with Crippen LogP contribution in [0, 0.1) is 5.92 Å². The zero-order valence-electron chi connectivity index (χ0n) is 16.8. The Morgan fingerprint density at radius 3 is 1.80 bits per heavy atom. The van der Waals surface area contributed by atoms with Crippen LogP contribution in [0.3, 0.4) is 0 Å². The zero-order valence-corrected chi connectivity index (χ0v) is 16.8. The number of amides is 1. The Morgan fingerprint density at radius 1 is 0.800 bits per heavy atom. The van der Waals surface area contributed by atoms with E-state index in [1.54, 1.807) is 14.2 Å². The summed E-state index contributed by atoms with van der Waals surface area (Å²) in [4.78, 5) is 14.8. The Kier molecular flexibility index (Phi) is 17.6. The number of hydrogen-bond acceptors (Lipinski definition) is 5. The second-order valence-corrected chi connectivity index (χ2v) is 6.16. The summed E-state index contributed by atoms with van der Waals surface area (Å²) < 4.78 is 21.0. The molecule has 150 valence electrons. The first-order valence-electron chi connectivity index (χ1n) is 9.63. The predicted molar refractivity (Wildman–Crippen MR) is 99.9 cm³/mol. The van der Waals surface area contributed by atoms with Gasteiger partial charge in [-0.3, -0.25) is 4.79 Å². The van der Waals surface area contributed by atoms with Crippen LogP contribution in [0.25, 0.3) is 0 Å². The number of hydrogen-bond donors (Lipinski definition) is 0. The maximum Gasteiger partial charge on any atom is 0.225 e. The molecule has 0 aliphatic rings. The van der Waals surface area contributed by atoms with Crippen LogP contribution in [0.5, 0.6) is 0 Å². The van der Waals surface area contributed by atoms with E-state index in [1.807, 2.05) is 4.90 Å². The maximum atomic E-state index is 12.9. The lowest BCUT2D eigenvalue weighted by Gasteiger charge is -2.27. The van der Waals surface area contributed by atoms with Gasteiger partial charge in [0.25, 0.3) is 0 Å². The van der Waals surface area contributed by atoms with E-state index in [9.17, 15) is 4.79 Å². The molecule has 0 aromatic carbocycles. The normalized spacial score (nSPS) is 12.3. The summed E-state index contributed by atoms with van der Waals surface area (Å²) in [5.41, 5.74) is 0. The van der Waals surface area contributed by atoms with E-state index < -0.39 is 0 Å². The Bertz CT molecular complexity index is 288. The smallest absolute Gasteiger partial charge is 0.225 e. The molecule has 0 rings (SSSR count). The highest BCUT2D eigenvalue weighted by Crippen LogP contribution is 2.18. The Morgan fingerprint density at radius 2 is 1.36 bits per heavy atom. The minimum absolute atomic E-state index is 0.114. The SMILES string of the molecule is CCCCC(CCC)C(=O)N(CCOCCOC)CCOCCOC. The average molecular weight is 362 g/mol. The molecule has 0 heterocycles. The van der Waals surface area contributed by atoms with Crippen LogP contribution >= 0.6 is 0 Å². The quantitative estimate of drug-likeness (QED) is 0.351. The van der Waals surface area contributed by atoms with Gasteiger partial charge in [0.2, 0.25) is 5.91 Å². The van der Waals surface area contributed by atoms with Gasteiger partial charge in [-0.05, 0) is 12.8 Å². The summed E-state index contributed by atoms with van der Waals surface area (Å²) in [5.74, 6) is 0.351. The van der Waals surface area contributed by atoms with E-state index in [1.165, 1.54) is 0 Å². The van der Waals surface area contributed by atoms with Crippen LogP contribution in [-0.4, -0.2) is 77.8 Å². The first kappa shape index (κ1) is 24.3. The van der Waals surface area contributed by atoms with Crippen LogP contribution in [-0.2, 0) is 23.7 Å². The van der Waals surface area contributed by atoms with Crippen molar-refractivity contribution in [3.63, 3.8) is 0 Å². The van der Waals surface area contributed by atoms with E-state index in [0.29, 0.717) is 52.7 Å². The van der Waals surface area contributed by atoms with E-state index in [-0.39, 0.29) is 11.8 Å². The fraction of sp³-hybridized carbons (Fsp3) is 0.947. The summed E-state index contributed by atoms with van der Waals surface area (Å²) in [6.07, 6.45) is 5.16. The molecule has 0 aliphatic carbocycles. The van der Waals surface area contributed by atoms with Crippen molar-refractivity contribution in [2.24, 2.45) is 5.92 Å². The minimum Gasteiger partial charge on any atom is -0.382 e. The monoisotopic (exact) mass is 361 g/mol. The maximum absolute atomic E-state index is 12.9. The van der Waals surface area contributed by atoms with Crippen molar-refractivity contribution < 1.29 is 23.7 Å². The Labute approximate surface area is 154 Å². The molecular weight excluding hydrogens is 322 g/mol. The molecule has 0 aliphatic heterocycles. The molecule has 0 bridgehead atoms. The lowest BCUT2D eigenvalue weighted by molar-refractivity contribution is -0.137. The first-order valence-corrected chi connectivity index (χ1v) is 9.63. The number of nitrogens with zero attached hydrogens (tertiary/aromatic N) is 1. The number of unbranched alkanes of at least 4 members (excludes halogenated alkanes) is 1. The van der Waals surface area contributed by atoms with Crippen LogP contribution in [0.4, 0.5) is 0 Å². The predicted octanol–water partition coefficient (Wildman–Crippen LogP) is 2.75. The second-order valence-electron chi connectivity index (χ2n) is 6.16. The third-order valence-corrected chi connectivity index (χ3v) is 4.08. The lowest BCUT2D eigenvalue weighted by Crippen LogP contribution is -2.40. The molecule has 1 amide bonds. The third-order valence-electron chi connectivity index (χ3n) is 4.08. The number of ether oxygens (including phenoxy) is 4. The highest BCUT2D eigenvalue weighted by atomic mass is 16.5. The van der Waals surface area contributed by atoms with Gasteiger partial charge < -0.3 is 23.8 Å². The first-order chi connectivity index (χ1) is 12.2. The van der Waals surface area contributed by atoms with Gasteiger partial charge in [0.15, 0.2) is 0 Å². The Hall–Kier alpha value is -0.690. The van der Waals surface area contributed by atoms with Crippen molar-refractivity contribution in [3.8, 4) is 0 Å². The Balaban J connectivity index is 4.49. The molecule has 0 saturated carbocycles. The highest BCUT2D eigenvalue weighted by Gasteiger charge is 2.23. The molecule has 1 unspecified atom stereocenters. The number of rotatable bonds is 18. The summed E-state index contributed by atoms with van der Waals surface area (Å²) in [5, 5.41) is 0. The van der Waals surface area contributed by atoms with E-state index in [0.717, 1.165) is 32.1 Å². The fourth-order valence-corrected chi connectivity index (χ4v) is 2.62. The molecule has 0 spiro atoms. The van der Waals surface area contributed by atoms with Crippen LogP contribution in [0.2, 0.25) is 0 Å². The molecule has 0 N–H and O–H groups in total. The number of carbonyl (C=O) groups excluding carboxylic acids is 1. The van der Waals surface area contributed by atoms with Gasteiger partial charge in [0.1, 0.15) is 0 Å². The summed E-state index contributed by atoms with van der Waals surface area (Å²) in [7, 11) is 3.30. The molecule has 0 aromatic rings. The minimum atomic E-state index is 0.114. The van der Waals surface area contributed by atoms with Crippen LogP contribution in [0.15, 0.2) is 0 Å². The zero-order chi connectivity index (χ0) is 18.8.